The zero-order valence-electron chi connectivity index (χ0n) is 34.0. The van der Waals surface area contributed by atoms with Crippen LogP contribution in [0, 0.1) is 5.41 Å². The lowest BCUT2D eigenvalue weighted by atomic mass is 9.92. The van der Waals surface area contributed by atoms with Gasteiger partial charge in [-0.15, -0.1) is 11.8 Å². The van der Waals surface area contributed by atoms with E-state index < -0.39 is 34.8 Å². The molecule has 1 unspecified atom stereocenters. The van der Waals surface area contributed by atoms with Crippen molar-refractivity contribution in [2.45, 2.75) is 76.4 Å². The van der Waals surface area contributed by atoms with Crippen LogP contribution in [-0.4, -0.2) is 169 Å². The second-order valence-electron chi connectivity index (χ2n) is 15.4. The molecule has 4 heterocycles. The number of halogens is 3. The highest BCUT2D eigenvalue weighted by Gasteiger charge is 2.39. The molecule has 2 atom stereocenters. The van der Waals surface area contributed by atoms with Crippen molar-refractivity contribution in [1.29, 1.82) is 0 Å². The predicted octanol–water partition coefficient (Wildman–Crippen LogP) is 1.97. The lowest BCUT2D eigenvalue weighted by Crippen LogP contribution is -2.47. The molecule has 2 fully saturated rings. The van der Waals surface area contributed by atoms with Crippen LogP contribution in [0.4, 0.5) is 19.0 Å². The number of aliphatic carboxylic acids is 2. The van der Waals surface area contributed by atoms with Gasteiger partial charge in [0.25, 0.3) is 0 Å². The van der Waals surface area contributed by atoms with Crippen molar-refractivity contribution in [3.8, 4) is 0 Å². The average Bonchev–Trinajstić information content (AvgIpc) is 3.70. The third-order valence-electron chi connectivity index (χ3n) is 10.6. The number of anilines is 1. The number of carboxylic acid groups (broad SMARTS) is 2. The van der Waals surface area contributed by atoms with E-state index in [0.29, 0.717) is 24.5 Å². The minimum atomic E-state index is -5.08. The Kier molecular flexibility index (Phi) is 17.9. The van der Waals surface area contributed by atoms with Gasteiger partial charge in [-0.05, 0) is 37.4 Å². The molecule has 0 spiro atoms. The van der Waals surface area contributed by atoms with Gasteiger partial charge >= 0.3 is 18.1 Å². The van der Waals surface area contributed by atoms with E-state index in [0.717, 1.165) is 105 Å². The van der Waals surface area contributed by atoms with Gasteiger partial charge in [0.1, 0.15) is 17.4 Å². The van der Waals surface area contributed by atoms with Crippen molar-refractivity contribution in [2.24, 2.45) is 11.1 Å². The number of likely N-dealkylation sites (tertiary alicyclic amines) is 1. The molecule has 0 aliphatic carbocycles. The topological polar surface area (TPSA) is 251 Å². The summed E-state index contributed by atoms with van der Waals surface area (Å²) in [4.78, 5) is 60.5. The number of thioether (sulfide) groups is 1. The molecule has 2 aromatic heterocycles. The van der Waals surface area contributed by atoms with Crippen molar-refractivity contribution in [3.05, 3.63) is 29.6 Å². The van der Waals surface area contributed by atoms with Crippen LogP contribution in [0.5, 0.6) is 0 Å². The number of ether oxygens (including phenoxy) is 1. The normalized spacial score (nSPS) is 17.4. The molecule has 5 rings (SSSR count). The molecule has 8 N–H and O–H groups in total. The highest BCUT2D eigenvalue weighted by Crippen LogP contribution is 2.33. The van der Waals surface area contributed by atoms with Crippen molar-refractivity contribution >= 4 is 63.3 Å². The van der Waals surface area contributed by atoms with Gasteiger partial charge in [-0.25, -0.2) is 14.8 Å². The number of aliphatic hydroxyl groups is 2. The third-order valence-corrected chi connectivity index (χ3v) is 11.9. The summed E-state index contributed by atoms with van der Waals surface area (Å²) in [6, 6.07) is 5.31. The number of unbranched alkanes of at least 4 members (excludes halogenated alkanes) is 1. The first-order chi connectivity index (χ1) is 28.4. The van der Waals surface area contributed by atoms with Crippen molar-refractivity contribution < 1.29 is 57.5 Å². The molecule has 2 aliphatic heterocycles. The van der Waals surface area contributed by atoms with Crippen LogP contribution >= 0.6 is 11.8 Å². The Morgan fingerprint density at radius 1 is 0.983 bits per heavy atom. The maximum atomic E-state index is 12.6. The fourth-order valence-corrected chi connectivity index (χ4v) is 8.00. The Labute approximate surface area is 350 Å². The molecule has 334 valence electrons. The molecule has 0 saturated carbocycles. The summed E-state index contributed by atoms with van der Waals surface area (Å²) in [5.74, 6) is -3.09. The van der Waals surface area contributed by atoms with Gasteiger partial charge in [0.2, 0.25) is 11.8 Å². The Hall–Kier alpha value is -4.12. The number of nitrogens with zero attached hydrogens (tertiary/aromatic N) is 6. The van der Waals surface area contributed by atoms with E-state index in [-0.39, 0.29) is 50.4 Å². The van der Waals surface area contributed by atoms with E-state index in [9.17, 15) is 37.8 Å². The van der Waals surface area contributed by atoms with Gasteiger partial charge in [-0.3, -0.25) is 24.2 Å². The standard InChI is InChI=1S/C37H56N8O7S.C2HF3O2/c1-3-4-7-30-41-32-33(45(30)22-37(2,23-46)24-47)26-9-8-25(19-28(26)40-34(32)39)6-5-10-42-11-13-43(14-12-42)15-17-52-18-16-44-31(48)20-29(35(44)49)53-21-27(38)36(50)51;3-2(4,5)1(6)7/h8-9,19,27,29,46-47H,3-7,10-18,20-24,38H2,1-2H3,(H2,39,40)(H,50,51);(H,6,7)/t27-,29?;/m0./s1. The summed E-state index contributed by atoms with van der Waals surface area (Å²) in [5, 5.41) is 36.6. The fraction of sp³-hybridized carbons (Fsp3) is 0.641. The van der Waals surface area contributed by atoms with Gasteiger partial charge in [0, 0.05) is 68.7 Å². The maximum Gasteiger partial charge on any atom is 0.490 e. The first-order valence-electron chi connectivity index (χ1n) is 20.0. The smallest absolute Gasteiger partial charge is 0.480 e. The third kappa shape index (κ3) is 13.2. The Bertz CT molecular complexity index is 1940. The van der Waals surface area contributed by atoms with Crippen LogP contribution in [0.15, 0.2) is 18.2 Å². The summed E-state index contributed by atoms with van der Waals surface area (Å²) in [6.45, 7) is 10.7. The van der Waals surface area contributed by atoms with E-state index in [4.69, 9.17) is 41.2 Å². The number of amides is 2. The largest absolute Gasteiger partial charge is 0.490 e. The monoisotopic (exact) mass is 870 g/mol. The van der Waals surface area contributed by atoms with E-state index in [1.807, 2.05) is 6.92 Å². The zero-order valence-corrected chi connectivity index (χ0v) is 34.8. The van der Waals surface area contributed by atoms with Crippen molar-refractivity contribution in [2.75, 3.05) is 83.7 Å². The van der Waals surface area contributed by atoms with E-state index >= 15 is 0 Å². The van der Waals surface area contributed by atoms with Crippen LogP contribution in [0.1, 0.15) is 50.9 Å². The zero-order chi connectivity index (χ0) is 44.2. The summed E-state index contributed by atoms with van der Waals surface area (Å²) in [5.41, 5.74) is 14.9. The van der Waals surface area contributed by atoms with Gasteiger partial charge in [-0.1, -0.05) is 32.4 Å². The number of rotatable bonds is 21. The molecular formula is C39H57F3N8O9S. The summed E-state index contributed by atoms with van der Waals surface area (Å²) < 4.78 is 39.6. The van der Waals surface area contributed by atoms with Crippen molar-refractivity contribution in [3.63, 3.8) is 0 Å². The molecule has 2 aliphatic rings. The van der Waals surface area contributed by atoms with Gasteiger partial charge in [0.15, 0.2) is 5.82 Å². The van der Waals surface area contributed by atoms with Crippen LogP contribution in [0.25, 0.3) is 21.9 Å². The van der Waals surface area contributed by atoms with E-state index in [1.165, 1.54) is 10.5 Å². The number of hydrogen-bond acceptors (Lipinski definition) is 14. The number of fused-ring (bicyclic) bond motifs is 3. The average molecular weight is 871 g/mol. The SMILES string of the molecule is CCCCc1nc2c(N)nc3cc(CCCN4CCN(CCOCCN5C(=O)CC(SC[C@H](N)C(=O)O)C5=O)CC4)ccc3c2n1CC(C)(CO)CO.O=C(O)C(F)(F)F. The molecule has 1 aromatic carbocycles. The Balaban J connectivity index is 0.00000104. The number of piperazine rings is 1. The van der Waals surface area contributed by atoms with Gasteiger partial charge in [-0.2, -0.15) is 13.2 Å². The summed E-state index contributed by atoms with van der Waals surface area (Å²) in [7, 11) is 0. The molecule has 3 aromatic rings. The van der Waals surface area contributed by atoms with E-state index in [2.05, 4.69) is 39.5 Å². The minimum absolute atomic E-state index is 0.0596. The van der Waals surface area contributed by atoms with Crippen LogP contribution in [-0.2, 0) is 43.3 Å². The summed E-state index contributed by atoms with van der Waals surface area (Å²) >= 11 is 1.12. The lowest BCUT2D eigenvalue weighted by Gasteiger charge is -2.34. The number of pyridine rings is 1. The number of alkyl halides is 3. The van der Waals surface area contributed by atoms with E-state index in [1.54, 1.807) is 0 Å². The molecule has 60 heavy (non-hydrogen) atoms. The number of carboxylic acids is 2. The molecule has 2 amide bonds. The highest BCUT2D eigenvalue weighted by molar-refractivity contribution is 8.00. The Morgan fingerprint density at radius 2 is 1.62 bits per heavy atom. The number of carbonyl (C=O) groups excluding carboxylic acids is 2. The van der Waals surface area contributed by atoms with Crippen LogP contribution in [0.3, 0.4) is 0 Å². The first-order valence-corrected chi connectivity index (χ1v) is 21.0. The molecular weight excluding hydrogens is 814 g/mol. The number of hydrogen-bond donors (Lipinski definition) is 6. The first kappa shape index (κ1) is 48.5. The number of aromatic nitrogens is 3. The number of aliphatic hydroxyl groups excluding tert-OH is 2. The number of nitrogens with two attached hydrogens (primary N) is 2. The number of imidazole rings is 1. The van der Waals surface area contributed by atoms with Crippen LogP contribution < -0.4 is 11.5 Å². The van der Waals surface area contributed by atoms with Crippen molar-refractivity contribution in [1.82, 2.24) is 29.2 Å². The molecule has 0 radical (unpaired) electrons. The fourth-order valence-electron chi connectivity index (χ4n) is 6.89. The number of imide groups is 1. The van der Waals surface area contributed by atoms with Crippen LogP contribution in [0.2, 0.25) is 0 Å². The molecule has 21 heteroatoms. The molecule has 0 bridgehead atoms. The highest BCUT2D eigenvalue weighted by atomic mass is 32.2. The predicted molar refractivity (Wildman–Crippen MR) is 219 cm³/mol. The molecule has 17 nitrogen and oxygen atoms in total. The Morgan fingerprint density at radius 3 is 2.22 bits per heavy atom. The second kappa shape index (κ2) is 22.1. The number of nitrogen functional groups attached to an aromatic ring is 1. The number of carbonyl (C=O) groups is 4. The number of benzene rings is 1. The number of aryl methyl sites for hydroxylation is 2. The summed E-state index contributed by atoms with van der Waals surface area (Å²) in [6.07, 6.45) is -0.322. The van der Waals surface area contributed by atoms with Gasteiger partial charge < -0.3 is 46.1 Å². The lowest BCUT2D eigenvalue weighted by molar-refractivity contribution is -0.192. The minimum Gasteiger partial charge on any atom is -0.480 e. The quantitative estimate of drug-likeness (QED) is 0.0662. The molecule has 2 saturated heterocycles. The maximum absolute atomic E-state index is 12.6. The second-order valence-corrected chi connectivity index (χ2v) is 16.7. The van der Waals surface area contributed by atoms with Gasteiger partial charge in [0.05, 0.1) is 49.3 Å².